The normalized spacial score (nSPS) is 15.8. The maximum atomic E-state index is 9.89. The maximum absolute atomic E-state index is 9.89. The van der Waals surface area contributed by atoms with E-state index in [1.165, 1.54) is 0 Å². The molecule has 1 aliphatic rings. The number of aliphatic hydroxyl groups is 1. The molecule has 0 spiro atoms. The molecular formula is C13H24N6O. The van der Waals surface area contributed by atoms with Crippen molar-refractivity contribution in [3.8, 4) is 0 Å². The largest absolute Gasteiger partial charge is 0.391 e. The highest BCUT2D eigenvalue weighted by Crippen LogP contribution is 2.32. The van der Waals surface area contributed by atoms with E-state index >= 15 is 0 Å². The summed E-state index contributed by atoms with van der Waals surface area (Å²) in [5.74, 6) is 2.13. The number of aromatic nitrogens is 3. The fourth-order valence-electron chi connectivity index (χ4n) is 2.05. The molecule has 1 aliphatic carbocycles. The molecule has 0 amide bonds. The Labute approximate surface area is 119 Å². The van der Waals surface area contributed by atoms with Crippen molar-refractivity contribution in [2.24, 2.45) is 5.92 Å². The van der Waals surface area contributed by atoms with E-state index in [0.29, 0.717) is 30.3 Å². The van der Waals surface area contributed by atoms with Gasteiger partial charge < -0.3 is 20.6 Å². The summed E-state index contributed by atoms with van der Waals surface area (Å²) in [4.78, 5) is 15.1. The summed E-state index contributed by atoms with van der Waals surface area (Å²) in [7, 11) is 1.78. The number of nitrogens with one attached hydrogen (secondary N) is 2. The first-order valence-electron chi connectivity index (χ1n) is 7.28. The van der Waals surface area contributed by atoms with Crippen LogP contribution in [0.1, 0.15) is 26.7 Å². The zero-order chi connectivity index (χ0) is 14.5. The Morgan fingerprint density at radius 3 is 2.40 bits per heavy atom. The predicted octanol–water partition coefficient (Wildman–Crippen LogP) is 0.942. The van der Waals surface area contributed by atoms with Gasteiger partial charge in [-0.3, -0.25) is 0 Å². The van der Waals surface area contributed by atoms with Gasteiger partial charge in [0, 0.05) is 26.7 Å². The third-order valence-electron chi connectivity index (χ3n) is 3.53. The van der Waals surface area contributed by atoms with E-state index in [-0.39, 0.29) is 6.10 Å². The van der Waals surface area contributed by atoms with Crippen LogP contribution in [0.2, 0.25) is 0 Å². The molecule has 20 heavy (non-hydrogen) atoms. The molecule has 0 aromatic carbocycles. The van der Waals surface area contributed by atoms with E-state index < -0.39 is 0 Å². The van der Waals surface area contributed by atoms with Crippen LogP contribution in [0, 0.1) is 5.92 Å². The first-order valence-corrected chi connectivity index (χ1v) is 7.28. The van der Waals surface area contributed by atoms with Crippen molar-refractivity contribution >= 4 is 17.8 Å². The molecule has 0 radical (unpaired) electrons. The number of aliphatic hydroxyl groups excluding tert-OH is 1. The van der Waals surface area contributed by atoms with Crippen LogP contribution in [0.25, 0.3) is 0 Å². The third-order valence-corrected chi connectivity index (χ3v) is 3.53. The van der Waals surface area contributed by atoms with Gasteiger partial charge in [-0.25, -0.2) is 0 Å². The van der Waals surface area contributed by atoms with Gasteiger partial charge in [0.05, 0.1) is 6.10 Å². The van der Waals surface area contributed by atoms with Gasteiger partial charge in [-0.2, -0.15) is 15.0 Å². The van der Waals surface area contributed by atoms with Gasteiger partial charge in [0.1, 0.15) is 0 Å². The Morgan fingerprint density at radius 1 is 1.20 bits per heavy atom. The van der Waals surface area contributed by atoms with Crippen LogP contribution in [0.3, 0.4) is 0 Å². The Balaban J connectivity index is 2.07. The fourth-order valence-corrected chi connectivity index (χ4v) is 2.05. The van der Waals surface area contributed by atoms with Crippen molar-refractivity contribution < 1.29 is 5.11 Å². The highest BCUT2D eigenvalue weighted by molar-refractivity contribution is 5.43. The smallest absolute Gasteiger partial charge is 0.231 e. The molecule has 1 aromatic heterocycles. The minimum Gasteiger partial charge on any atom is -0.391 e. The summed E-state index contributed by atoms with van der Waals surface area (Å²) in [6, 6.07) is 0. The number of rotatable bonds is 8. The molecule has 1 aromatic rings. The van der Waals surface area contributed by atoms with Gasteiger partial charge in [0.2, 0.25) is 17.8 Å². The summed E-state index contributed by atoms with van der Waals surface area (Å²) >= 11 is 0. The van der Waals surface area contributed by atoms with Crippen LogP contribution in [-0.4, -0.2) is 52.8 Å². The van der Waals surface area contributed by atoms with Gasteiger partial charge in [-0.05, 0) is 32.6 Å². The van der Waals surface area contributed by atoms with Crippen molar-refractivity contribution in [3.05, 3.63) is 0 Å². The lowest BCUT2D eigenvalue weighted by Gasteiger charge is -2.20. The molecule has 0 bridgehead atoms. The minimum absolute atomic E-state index is 0.318. The van der Waals surface area contributed by atoms with Crippen molar-refractivity contribution in [2.75, 3.05) is 42.2 Å². The van der Waals surface area contributed by atoms with Crippen LogP contribution in [-0.2, 0) is 0 Å². The van der Waals surface area contributed by atoms with Crippen LogP contribution in [0.15, 0.2) is 0 Å². The molecular weight excluding hydrogens is 256 g/mol. The minimum atomic E-state index is -0.318. The van der Waals surface area contributed by atoms with Crippen molar-refractivity contribution in [2.45, 2.75) is 32.8 Å². The molecule has 1 heterocycles. The van der Waals surface area contributed by atoms with E-state index in [9.17, 15) is 5.11 Å². The zero-order valence-corrected chi connectivity index (χ0v) is 12.4. The lowest BCUT2D eigenvalue weighted by molar-refractivity contribution is 0.164. The maximum Gasteiger partial charge on any atom is 0.231 e. The number of anilines is 3. The fraction of sp³-hybridized carbons (Fsp3) is 0.769. The van der Waals surface area contributed by atoms with E-state index in [1.807, 2.05) is 0 Å². The van der Waals surface area contributed by atoms with Crippen molar-refractivity contribution in [1.82, 2.24) is 15.0 Å². The quantitative estimate of drug-likeness (QED) is 0.653. The van der Waals surface area contributed by atoms with Gasteiger partial charge >= 0.3 is 0 Å². The second-order valence-corrected chi connectivity index (χ2v) is 4.99. The van der Waals surface area contributed by atoms with Crippen LogP contribution in [0.4, 0.5) is 17.8 Å². The van der Waals surface area contributed by atoms with Gasteiger partial charge in [-0.15, -0.1) is 0 Å². The lowest BCUT2D eigenvalue weighted by Crippen LogP contribution is -2.26. The summed E-state index contributed by atoms with van der Waals surface area (Å²) < 4.78 is 0. The van der Waals surface area contributed by atoms with Crippen LogP contribution in [0.5, 0.6) is 0 Å². The van der Waals surface area contributed by atoms with Gasteiger partial charge in [0.25, 0.3) is 0 Å². The van der Waals surface area contributed by atoms with Gasteiger partial charge in [0.15, 0.2) is 0 Å². The Morgan fingerprint density at radius 2 is 1.85 bits per heavy atom. The molecule has 2 rings (SSSR count). The Hall–Kier alpha value is -1.63. The first kappa shape index (κ1) is 14.8. The molecule has 0 aliphatic heterocycles. The second kappa shape index (κ2) is 6.69. The molecule has 0 saturated heterocycles. The van der Waals surface area contributed by atoms with E-state index in [0.717, 1.165) is 25.9 Å². The highest BCUT2D eigenvalue weighted by atomic mass is 16.3. The van der Waals surface area contributed by atoms with Gasteiger partial charge in [-0.1, -0.05) is 0 Å². The summed E-state index contributed by atoms with van der Waals surface area (Å²) in [5, 5.41) is 15.9. The Bertz CT molecular complexity index is 433. The van der Waals surface area contributed by atoms with E-state index in [4.69, 9.17) is 0 Å². The van der Waals surface area contributed by atoms with Crippen LogP contribution < -0.4 is 15.5 Å². The Kier molecular flexibility index (Phi) is 4.94. The average Bonchev–Trinajstić information content (AvgIpc) is 3.30. The predicted molar refractivity (Wildman–Crippen MR) is 80.2 cm³/mol. The molecule has 3 N–H and O–H groups in total. The zero-order valence-electron chi connectivity index (χ0n) is 12.4. The third kappa shape index (κ3) is 3.69. The molecule has 7 nitrogen and oxygen atoms in total. The molecule has 1 unspecified atom stereocenters. The summed E-state index contributed by atoms with van der Waals surface area (Å²) in [5.41, 5.74) is 0. The van der Waals surface area contributed by atoms with Crippen LogP contribution >= 0.6 is 0 Å². The highest BCUT2D eigenvalue weighted by Gasteiger charge is 2.29. The topological polar surface area (TPSA) is 86.2 Å². The van der Waals surface area contributed by atoms with E-state index in [1.54, 1.807) is 7.05 Å². The standard InChI is InChI=1S/C13H24N6O/c1-4-19(5-2)13-17-11(14-3)16-12(18-13)15-8-10(20)9-6-7-9/h9-10,20H,4-8H2,1-3H3,(H2,14,15,16,17,18). The average molecular weight is 280 g/mol. The van der Waals surface area contributed by atoms with Crippen molar-refractivity contribution in [1.29, 1.82) is 0 Å². The van der Waals surface area contributed by atoms with Crippen molar-refractivity contribution in [3.63, 3.8) is 0 Å². The second-order valence-electron chi connectivity index (χ2n) is 4.99. The van der Waals surface area contributed by atoms with E-state index in [2.05, 4.69) is 44.3 Å². The molecule has 112 valence electrons. The number of hydrogen-bond acceptors (Lipinski definition) is 7. The molecule has 1 fully saturated rings. The SMILES string of the molecule is CCN(CC)c1nc(NC)nc(NCC(O)C2CC2)n1. The monoisotopic (exact) mass is 280 g/mol. The summed E-state index contributed by atoms with van der Waals surface area (Å²) in [6.07, 6.45) is 1.92. The summed E-state index contributed by atoms with van der Waals surface area (Å²) in [6.45, 7) is 6.30. The molecule has 1 atom stereocenters. The lowest BCUT2D eigenvalue weighted by atomic mass is 10.2. The molecule has 1 saturated carbocycles. The molecule has 7 heteroatoms. The number of nitrogens with zero attached hydrogens (tertiary/aromatic N) is 4. The number of hydrogen-bond donors (Lipinski definition) is 3. The first-order chi connectivity index (χ1) is 9.67.